The summed E-state index contributed by atoms with van der Waals surface area (Å²) in [5.41, 5.74) is 5.83. The van der Waals surface area contributed by atoms with E-state index < -0.39 is 5.54 Å². The minimum absolute atomic E-state index is 0.234. The second-order valence-electron chi connectivity index (χ2n) is 5.12. The van der Waals surface area contributed by atoms with Crippen LogP contribution >= 0.6 is 11.8 Å². The van der Waals surface area contributed by atoms with Gasteiger partial charge in [-0.2, -0.15) is 4.98 Å². The van der Waals surface area contributed by atoms with Gasteiger partial charge in [0.15, 0.2) is 5.82 Å². The number of nitrogens with zero attached hydrogens (tertiary/aromatic N) is 2. The molecule has 6 heteroatoms. The van der Waals surface area contributed by atoms with Crippen molar-refractivity contribution in [3.05, 3.63) is 41.8 Å². The molecule has 0 atom stereocenters. The smallest absolute Gasteiger partial charge is 0.246 e. The largest absolute Gasteiger partial charge is 0.337 e. The summed E-state index contributed by atoms with van der Waals surface area (Å²) >= 11 is 1.54. The van der Waals surface area contributed by atoms with E-state index in [1.165, 1.54) is 12.1 Å². The predicted octanol–water partition coefficient (Wildman–Crippen LogP) is 3.23. The first-order chi connectivity index (χ1) is 9.66. The van der Waals surface area contributed by atoms with Crippen LogP contribution in [-0.4, -0.2) is 10.1 Å². The highest BCUT2D eigenvalue weighted by Crippen LogP contribution is 2.35. The van der Waals surface area contributed by atoms with E-state index in [0.29, 0.717) is 17.5 Å². The first kappa shape index (κ1) is 13.6. The van der Waals surface area contributed by atoms with E-state index in [-0.39, 0.29) is 5.82 Å². The summed E-state index contributed by atoms with van der Waals surface area (Å²) in [5, 5.41) is 3.98. The third-order valence-corrected chi connectivity index (χ3v) is 4.58. The van der Waals surface area contributed by atoms with Gasteiger partial charge in [0, 0.05) is 4.90 Å². The van der Waals surface area contributed by atoms with Crippen molar-refractivity contribution in [2.45, 2.75) is 41.9 Å². The molecule has 1 aliphatic rings. The highest BCUT2D eigenvalue weighted by Gasteiger charge is 2.36. The SMILES string of the molecule is NC1(c2nc(CSc3ccc(F)cc3)no2)CCCC1. The Bertz CT molecular complexity index is 578. The van der Waals surface area contributed by atoms with E-state index in [9.17, 15) is 4.39 Å². The van der Waals surface area contributed by atoms with Gasteiger partial charge in [-0.3, -0.25) is 0 Å². The summed E-state index contributed by atoms with van der Waals surface area (Å²) in [7, 11) is 0. The number of hydrogen-bond donors (Lipinski definition) is 1. The number of rotatable bonds is 4. The summed E-state index contributed by atoms with van der Waals surface area (Å²) in [6.45, 7) is 0. The van der Waals surface area contributed by atoms with Gasteiger partial charge in [-0.25, -0.2) is 4.39 Å². The van der Waals surface area contributed by atoms with Gasteiger partial charge < -0.3 is 10.3 Å². The molecular formula is C14H16FN3OS. The molecule has 0 aliphatic heterocycles. The third kappa shape index (κ3) is 2.86. The van der Waals surface area contributed by atoms with Crippen LogP contribution in [0.25, 0.3) is 0 Å². The molecule has 0 unspecified atom stereocenters. The molecule has 0 bridgehead atoms. The predicted molar refractivity (Wildman–Crippen MR) is 74.6 cm³/mol. The highest BCUT2D eigenvalue weighted by molar-refractivity contribution is 7.98. The first-order valence-electron chi connectivity index (χ1n) is 6.66. The molecule has 1 saturated carbocycles. The topological polar surface area (TPSA) is 64.9 Å². The third-order valence-electron chi connectivity index (χ3n) is 3.57. The van der Waals surface area contributed by atoms with Crippen LogP contribution in [0.3, 0.4) is 0 Å². The second kappa shape index (κ2) is 5.54. The Morgan fingerprint density at radius 1 is 1.25 bits per heavy atom. The number of nitrogens with two attached hydrogens (primary N) is 1. The van der Waals surface area contributed by atoms with Crippen molar-refractivity contribution < 1.29 is 8.91 Å². The van der Waals surface area contributed by atoms with E-state index in [0.717, 1.165) is 30.6 Å². The number of halogens is 1. The standard InChI is InChI=1S/C14H16FN3OS/c15-10-3-5-11(6-4-10)20-9-12-17-13(19-18-12)14(16)7-1-2-8-14/h3-6H,1-2,7-9,16H2. The molecule has 0 radical (unpaired) electrons. The summed E-state index contributed by atoms with van der Waals surface area (Å²) in [6.07, 6.45) is 4.02. The van der Waals surface area contributed by atoms with Crippen molar-refractivity contribution in [2.24, 2.45) is 5.73 Å². The lowest BCUT2D eigenvalue weighted by atomic mass is 10.00. The molecule has 1 aliphatic carbocycles. The van der Waals surface area contributed by atoms with Crippen LogP contribution in [0.5, 0.6) is 0 Å². The zero-order valence-corrected chi connectivity index (χ0v) is 11.8. The van der Waals surface area contributed by atoms with Crippen molar-refractivity contribution in [3.63, 3.8) is 0 Å². The van der Waals surface area contributed by atoms with Crippen LogP contribution in [0, 0.1) is 5.82 Å². The van der Waals surface area contributed by atoms with Crippen molar-refractivity contribution in [1.29, 1.82) is 0 Å². The van der Waals surface area contributed by atoms with Crippen LogP contribution < -0.4 is 5.73 Å². The first-order valence-corrected chi connectivity index (χ1v) is 7.65. The van der Waals surface area contributed by atoms with Gasteiger partial charge in [0.25, 0.3) is 0 Å². The molecule has 1 aromatic carbocycles. The summed E-state index contributed by atoms with van der Waals surface area (Å²) in [5.74, 6) is 1.53. The van der Waals surface area contributed by atoms with Gasteiger partial charge in [0.05, 0.1) is 11.3 Å². The molecule has 1 fully saturated rings. The maximum Gasteiger partial charge on any atom is 0.246 e. The fourth-order valence-electron chi connectivity index (χ4n) is 2.41. The van der Waals surface area contributed by atoms with Gasteiger partial charge in [0.2, 0.25) is 5.89 Å². The summed E-state index contributed by atoms with van der Waals surface area (Å²) in [6, 6.07) is 6.36. The Morgan fingerprint density at radius 3 is 2.65 bits per heavy atom. The molecule has 2 N–H and O–H groups in total. The minimum atomic E-state index is -0.439. The Kier molecular flexibility index (Phi) is 3.76. The van der Waals surface area contributed by atoms with Gasteiger partial charge in [-0.15, -0.1) is 11.8 Å². The Balaban J connectivity index is 1.64. The number of thioether (sulfide) groups is 1. The quantitative estimate of drug-likeness (QED) is 0.877. The van der Waals surface area contributed by atoms with E-state index in [4.69, 9.17) is 10.3 Å². The molecule has 106 valence electrons. The molecule has 1 heterocycles. The molecule has 0 spiro atoms. The van der Waals surface area contributed by atoms with Crippen LogP contribution in [0.1, 0.15) is 37.4 Å². The zero-order chi connectivity index (χ0) is 14.0. The molecule has 1 aromatic heterocycles. The Hall–Kier alpha value is -1.40. The van der Waals surface area contributed by atoms with E-state index in [1.807, 2.05) is 0 Å². The maximum atomic E-state index is 12.8. The number of aromatic nitrogens is 2. The molecule has 0 saturated heterocycles. The maximum absolute atomic E-state index is 12.8. The van der Waals surface area contributed by atoms with Crippen molar-refractivity contribution in [1.82, 2.24) is 10.1 Å². The van der Waals surface area contributed by atoms with Crippen molar-refractivity contribution in [2.75, 3.05) is 0 Å². The molecule has 0 amide bonds. The highest BCUT2D eigenvalue weighted by atomic mass is 32.2. The lowest BCUT2D eigenvalue weighted by Gasteiger charge is -2.17. The summed E-state index contributed by atoms with van der Waals surface area (Å²) < 4.78 is 18.1. The van der Waals surface area contributed by atoms with Crippen LogP contribution in [0.2, 0.25) is 0 Å². The second-order valence-corrected chi connectivity index (χ2v) is 6.17. The van der Waals surface area contributed by atoms with Crippen molar-refractivity contribution in [3.8, 4) is 0 Å². The normalized spacial score (nSPS) is 17.5. The van der Waals surface area contributed by atoms with E-state index in [2.05, 4.69) is 10.1 Å². The fraction of sp³-hybridized carbons (Fsp3) is 0.429. The van der Waals surface area contributed by atoms with Crippen LogP contribution in [0.4, 0.5) is 4.39 Å². The summed E-state index contributed by atoms with van der Waals surface area (Å²) in [4.78, 5) is 5.37. The lowest BCUT2D eigenvalue weighted by Crippen LogP contribution is -2.33. The average molecular weight is 293 g/mol. The Labute approximate surface area is 120 Å². The van der Waals surface area contributed by atoms with Gasteiger partial charge in [0.1, 0.15) is 5.82 Å². The van der Waals surface area contributed by atoms with Gasteiger partial charge in [-0.1, -0.05) is 18.0 Å². The van der Waals surface area contributed by atoms with Crippen LogP contribution in [-0.2, 0) is 11.3 Å². The average Bonchev–Trinajstić information content (AvgIpc) is 3.08. The molecule has 2 aromatic rings. The van der Waals surface area contributed by atoms with E-state index in [1.54, 1.807) is 23.9 Å². The Morgan fingerprint density at radius 2 is 1.95 bits per heavy atom. The van der Waals surface area contributed by atoms with Gasteiger partial charge >= 0.3 is 0 Å². The minimum Gasteiger partial charge on any atom is -0.337 e. The molecule has 4 nitrogen and oxygen atoms in total. The van der Waals surface area contributed by atoms with Gasteiger partial charge in [-0.05, 0) is 37.1 Å². The molecule has 20 heavy (non-hydrogen) atoms. The number of hydrogen-bond acceptors (Lipinski definition) is 5. The lowest BCUT2D eigenvalue weighted by molar-refractivity contribution is 0.284. The number of benzene rings is 1. The van der Waals surface area contributed by atoms with E-state index >= 15 is 0 Å². The molecular weight excluding hydrogens is 277 g/mol. The van der Waals surface area contributed by atoms with Crippen LogP contribution in [0.15, 0.2) is 33.7 Å². The van der Waals surface area contributed by atoms with Crippen molar-refractivity contribution >= 4 is 11.8 Å². The zero-order valence-electron chi connectivity index (χ0n) is 11.0. The monoisotopic (exact) mass is 293 g/mol. The fourth-order valence-corrected chi connectivity index (χ4v) is 3.15. The molecule has 3 rings (SSSR count).